The summed E-state index contributed by atoms with van der Waals surface area (Å²) in [6, 6.07) is 5.10. The lowest BCUT2D eigenvalue weighted by molar-refractivity contribution is -0.135. The Morgan fingerprint density at radius 1 is 1.10 bits per heavy atom. The van der Waals surface area contributed by atoms with Crippen molar-refractivity contribution in [2.24, 2.45) is 0 Å². The van der Waals surface area contributed by atoms with E-state index in [0.29, 0.717) is 42.3 Å². The number of halogens is 2. The zero-order valence-electron chi connectivity index (χ0n) is 22.9. The van der Waals surface area contributed by atoms with E-state index in [1.165, 1.54) is 4.90 Å². The summed E-state index contributed by atoms with van der Waals surface area (Å²) in [5.41, 5.74) is 2.01. The van der Waals surface area contributed by atoms with E-state index in [-0.39, 0.29) is 72.7 Å². The standard InChI is InChI=1S/C28H34FN3O6.ClH/c1-6-36-21-12-17-13-32(27(30)23(17)24(29)26(21)37-7-2)14-20(33)16-10-18(28(3,4)5)25-19(11-16)31(8-9-38-25)15-22(34)35;/h10-12,30H,6-9,13-15H2,1-5H3,(H,34,35);1H. The van der Waals surface area contributed by atoms with Gasteiger partial charge in [-0.3, -0.25) is 15.0 Å². The first kappa shape index (κ1) is 30.0. The van der Waals surface area contributed by atoms with E-state index in [4.69, 9.17) is 19.6 Å². The Bertz CT molecular complexity index is 1290. The van der Waals surface area contributed by atoms with Gasteiger partial charge in [-0.25, -0.2) is 4.39 Å². The molecule has 0 radical (unpaired) electrons. The van der Waals surface area contributed by atoms with E-state index in [2.05, 4.69) is 0 Å². The number of ether oxygens (including phenoxy) is 3. The number of amidine groups is 1. The van der Waals surface area contributed by atoms with E-state index >= 15 is 4.39 Å². The quantitative estimate of drug-likeness (QED) is 0.424. The van der Waals surface area contributed by atoms with Crippen molar-refractivity contribution in [3.05, 3.63) is 46.3 Å². The third kappa shape index (κ3) is 5.90. The van der Waals surface area contributed by atoms with Gasteiger partial charge in [0.2, 0.25) is 0 Å². The number of Topliss-reactive ketones (excluding diaryl/α,β-unsaturated/α-hetero) is 1. The van der Waals surface area contributed by atoms with E-state index in [1.54, 1.807) is 36.9 Å². The second-order valence-electron chi connectivity index (χ2n) is 10.3. The van der Waals surface area contributed by atoms with E-state index in [0.717, 1.165) is 5.56 Å². The van der Waals surface area contributed by atoms with Crippen LogP contribution in [0.1, 0.15) is 61.7 Å². The summed E-state index contributed by atoms with van der Waals surface area (Å²) in [7, 11) is 0. The Labute approximate surface area is 233 Å². The predicted molar refractivity (Wildman–Crippen MR) is 148 cm³/mol. The fourth-order valence-corrected chi connectivity index (χ4v) is 4.85. The molecule has 0 fully saturated rings. The molecule has 0 unspecified atom stereocenters. The topological polar surface area (TPSA) is 112 Å². The number of carboxylic acid groups (broad SMARTS) is 1. The van der Waals surface area contributed by atoms with Crippen molar-refractivity contribution in [3.63, 3.8) is 0 Å². The van der Waals surface area contributed by atoms with Gasteiger partial charge in [0.1, 0.15) is 24.7 Å². The molecule has 2 N–H and O–H groups in total. The molecule has 212 valence electrons. The second-order valence-corrected chi connectivity index (χ2v) is 10.3. The fourth-order valence-electron chi connectivity index (χ4n) is 4.85. The van der Waals surface area contributed by atoms with Crippen LogP contribution in [0.4, 0.5) is 10.1 Å². The van der Waals surface area contributed by atoms with E-state index in [9.17, 15) is 14.7 Å². The number of carbonyl (C=O) groups is 2. The molecule has 4 rings (SSSR count). The lowest BCUT2D eigenvalue weighted by Gasteiger charge is -2.34. The maximum absolute atomic E-state index is 15.4. The highest BCUT2D eigenvalue weighted by Gasteiger charge is 2.34. The number of hydrogen-bond acceptors (Lipinski definition) is 7. The van der Waals surface area contributed by atoms with Crippen LogP contribution < -0.4 is 19.1 Å². The maximum Gasteiger partial charge on any atom is 0.323 e. The minimum atomic E-state index is -0.977. The summed E-state index contributed by atoms with van der Waals surface area (Å²) in [6.07, 6.45) is 0. The SMILES string of the molecule is CCOc1cc2c(c(F)c1OCC)C(=N)N(CC(=O)c1cc3c(c(C(C)(C)C)c1)OCCN3CC(=O)O)C2.Cl. The van der Waals surface area contributed by atoms with Gasteiger partial charge < -0.3 is 29.1 Å². The molecule has 0 bridgehead atoms. The van der Waals surface area contributed by atoms with Crippen molar-refractivity contribution in [2.75, 3.05) is 44.4 Å². The highest BCUT2D eigenvalue weighted by Crippen LogP contribution is 2.43. The third-order valence-corrected chi connectivity index (χ3v) is 6.58. The number of rotatable bonds is 9. The zero-order chi connectivity index (χ0) is 27.8. The Kier molecular flexibility index (Phi) is 9.00. The summed E-state index contributed by atoms with van der Waals surface area (Å²) < 4.78 is 32.4. The average Bonchev–Trinajstić information content (AvgIpc) is 3.15. The Morgan fingerprint density at radius 2 is 1.79 bits per heavy atom. The molecule has 2 aromatic carbocycles. The Hall–Kier alpha value is -3.53. The number of aliphatic carboxylic acids is 1. The molecule has 2 aromatic rings. The molecular formula is C28H35ClFN3O6. The summed E-state index contributed by atoms with van der Waals surface area (Å²) >= 11 is 0. The smallest absolute Gasteiger partial charge is 0.323 e. The molecule has 0 saturated carbocycles. The number of hydrogen-bond donors (Lipinski definition) is 2. The van der Waals surface area contributed by atoms with Crippen LogP contribution in [0.2, 0.25) is 0 Å². The Balaban J connectivity index is 0.00000420. The van der Waals surface area contributed by atoms with Crippen LogP contribution in [0.3, 0.4) is 0 Å². The molecule has 2 aliphatic rings. The van der Waals surface area contributed by atoms with Crippen molar-refractivity contribution in [1.82, 2.24) is 4.90 Å². The number of anilines is 1. The number of nitrogens with zero attached hydrogens (tertiary/aromatic N) is 2. The number of ketones is 1. The van der Waals surface area contributed by atoms with Gasteiger partial charge in [0.25, 0.3) is 0 Å². The van der Waals surface area contributed by atoms with Crippen LogP contribution in [0.25, 0.3) is 0 Å². The molecule has 11 heteroatoms. The molecule has 0 spiro atoms. The minimum absolute atomic E-state index is 0. The summed E-state index contributed by atoms with van der Waals surface area (Å²) in [6.45, 7) is 10.6. The van der Waals surface area contributed by atoms with Gasteiger partial charge in [0.05, 0.1) is 37.6 Å². The molecular weight excluding hydrogens is 529 g/mol. The molecule has 9 nitrogen and oxygen atoms in total. The molecule has 0 atom stereocenters. The van der Waals surface area contributed by atoms with Crippen molar-refractivity contribution in [2.45, 2.75) is 46.6 Å². The van der Waals surface area contributed by atoms with E-state index in [1.807, 2.05) is 20.8 Å². The van der Waals surface area contributed by atoms with Crippen molar-refractivity contribution >= 4 is 35.7 Å². The lowest BCUT2D eigenvalue weighted by atomic mass is 9.84. The summed E-state index contributed by atoms with van der Waals surface area (Å²) in [5, 5.41) is 18.0. The molecule has 2 aliphatic heterocycles. The monoisotopic (exact) mass is 563 g/mol. The van der Waals surface area contributed by atoms with Gasteiger partial charge in [-0.05, 0) is 43.0 Å². The van der Waals surface area contributed by atoms with Gasteiger partial charge in [-0.15, -0.1) is 12.4 Å². The summed E-state index contributed by atoms with van der Waals surface area (Å²) in [5.74, 6) is -1.19. The third-order valence-electron chi connectivity index (χ3n) is 6.58. The van der Waals surface area contributed by atoms with Gasteiger partial charge >= 0.3 is 5.97 Å². The van der Waals surface area contributed by atoms with Gasteiger partial charge in [-0.2, -0.15) is 0 Å². The molecule has 0 aliphatic carbocycles. The molecule has 39 heavy (non-hydrogen) atoms. The van der Waals surface area contributed by atoms with Crippen LogP contribution in [0.15, 0.2) is 18.2 Å². The predicted octanol–water partition coefficient (Wildman–Crippen LogP) is 4.65. The largest absolute Gasteiger partial charge is 0.490 e. The number of nitrogens with one attached hydrogen (secondary N) is 1. The van der Waals surface area contributed by atoms with Gasteiger partial charge in [0, 0.05) is 17.7 Å². The molecule has 0 saturated heterocycles. The number of benzene rings is 2. The van der Waals surface area contributed by atoms with Crippen LogP contribution in [0, 0.1) is 11.2 Å². The number of carbonyl (C=O) groups excluding carboxylic acids is 1. The number of carboxylic acids is 1. The van der Waals surface area contributed by atoms with Gasteiger partial charge in [-0.1, -0.05) is 20.8 Å². The zero-order valence-corrected chi connectivity index (χ0v) is 23.7. The van der Waals surface area contributed by atoms with Crippen LogP contribution in [-0.2, 0) is 16.8 Å². The maximum atomic E-state index is 15.4. The first-order valence-electron chi connectivity index (χ1n) is 12.7. The van der Waals surface area contributed by atoms with Crippen molar-refractivity contribution in [1.29, 1.82) is 5.41 Å². The van der Waals surface area contributed by atoms with E-state index < -0.39 is 11.8 Å². The van der Waals surface area contributed by atoms with Crippen molar-refractivity contribution < 1.29 is 33.3 Å². The van der Waals surface area contributed by atoms with Crippen LogP contribution in [-0.4, -0.2) is 67.0 Å². The van der Waals surface area contributed by atoms with Crippen LogP contribution >= 0.6 is 12.4 Å². The molecule has 0 aromatic heterocycles. The highest BCUT2D eigenvalue weighted by atomic mass is 35.5. The fraction of sp³-hybridized carbons (Fsp3) is 0.464. The average molecular weight is 564 g/mol. The van der Waals surface area contributed by atoms with Gasteiger partial charge in [0.15, 0.2) is 23.1 Å². The minimum Gasteiger partial charge on any atom is -0.490 e. The molecule has 0 amide bonds. The second kappa shape index (κ2) is 11.7. The van der Waals surface area contributed by atoms with Crippen molar-refractivity contribution in [3.8, 4) is 17.2 Å². The summed E-state index contributed by atoms with van der Waals surface area (Å²) in [4.78, 5) is 28.3. The molecule has 2 heterocycles. The number of fused-ring (bicyclic) bond motifs is 2. The highest BCUT2D eigenvalue weighted by molar-refractivity contribution is 6.06. The first-order valence-corrected chi connectivity index (χ1v) is 12.7. The first-order chi connectivity index (χ1) is 18.0. The Morgan fingerprint density at radius 3 is 2.41 bits per heavy atom. The van der Waals surface area contributed by atoms with Crippen LogP contribution in [0.5, 0.6) is 17.2 Å². The normalized spacial score (nSPS) is 14.3. The lowest BCUT2D eigenvalue weighted by Crippen LogP contribution is -2.38.